The van der Waals surface area contributed by atoms with Crippen LogP contribution in [0, 0.1) is 0 Å². The predicted molar refractivity (Wildman–Crippen MR) is 65.3 cm³/mol. The van der Waals surface area contributed by atoms with Crippen molar-refractivity contribution in [2.45, 2.75) is 38.0 Å². The number of amides is 1. The second-order valence-electron chi connectivity index (χ2n) is 4.63. The molecule has 0 spiro atoms. The number of carbonyl (C=O) groups is 1. The van der Waals surface area contributed by atoms with Crippen molar-refractivity contribution in [3.63, 3.8) is 0 Å². The highest BCUT2D eigenvalue weighted by molar-refractivity contribution is 5.76. The first-order valence-corrected chi connectivity index (χ1v) is 6.09. The maximum absolute atomic E-state index is 11.4. The summed E-state index contributed by atoms with van der Waals surface area (Å²) in [4.78, 5) is 11.4. The maximum atomic E-state index is 11.4. The highest BCUT2D eigenvalue weighted by Crippen LogP contribution is 2.34. The average molecular weight is 217 g/mol. The van der Waals surface area contributed by atoms with Crippen molar-refractivity contribution in [2.75, 3.05) is 6.54 Å². The van der Waals surface area contributed by atoms with Gasteiger partial charge in [0.25, 0.3) is 0 Å². The lowest BCUT2D eigenvalue weighted by molar-refractivity contribution is -0.120. The topological polar surface area (TPSA) is 29.1 Å². The molecule has 2 heteroatoms. The Hall–Kier alpha value is -1.31. The van der Waals surface area contributed by atoms with Gasteiger partial charge >= 0.3 is 0 Å². The molecule has 0 aliphatic carbocycles. The van der Waals surface area contributed by atoms with Gasteiger partial charge in [-0.2, -0.15) is 0 Å². The molecule has 1 N–H and O–H groups in total. The monoisotopic (exact) mass is 217 g/mol. The van der Waals surface area contributed by atoms with Gasteiger partial charge in [-0.3, -0.25) is 4.79 Å². The molecule has 1 amide bonds. The fraction of sp³-hybridized carbons (Fsp3) is 0.500. The standard InChI is InChI=1S/C14H19NO/c1-2-14(12-7-4-3-5-8-12)10-6-9-13(16)15-11-14/h3-5,7-8H,2,6,9-11H2,1H3,(H,15,16). The number of benzene rings is 1. The average Bonchev–Trinajstić information content (AvgIpc) is 2.53. The minimum atomic E-state index is 0.146. The highest BCUT2D eigenvalue weighted by atomic mass is 16.1. The molecule has 1 atom stereocenters. The smallest absolute Gasteiger partial charge is 0.220 e. The van der Waals surface area contributed by atoms with Gasteiger partial charge in [-0.05, 0) is 24.8 Å². The van der Waals surface area contributed by atoms with E-state index < -0.39 is 0 Å². The molecule has 1 unspecified atom stereocenters. The maximum Gasteiger partial charge on any atom is 0.220 e. The highest BCUT2D eigenvalue weighted by Gasteiger charge is 2.32. The lowest BCUT2D eigenvalue weighted by Gasteiger charge is -2.32. The Balaban J connectivity index is 2.28. The normalized spacial score (nSPS) is 25.9. The summed E-state index contributed by atoms with van der Waals surface area (Å²) in [7, 11) is 0. The van der Waals surface area contributed by atoms with Gasteiger partial charge in [0, 0.05) is 18.4 Å². The van der Waals surface area contributed by atoms with E-state index in [0.717, 1.165) is 25.8 Å². The fourth-order valence-corrected chi connectivity index (χ4v) is 2.58. The van der Waals surface area contributed by atoms with E-state index in [1.54, 1.807) is 0 Å². The summed E-state index contributed by atoms with van der Waals surface area (Å²) in [6, 6.07) is 10.6. The van der Waals surface area contributed by atoms with Crippen LogP contribution in [0.2, 0.25) is 0 Å². The van der Waals surface area contributed by atoms with Crippen LogP contribution < -0.4 is 5.32 Å². The summed E-state index contributed by atoms with van der Waals surface area (Å²) in [5, 5.41) is 3.05. The van der Waals surface area contributed by atoms with Crippen LogP contribution in [0.4, 0.5) is 0 Å². The van der Waals surface area contributed by atoms with Gasteiger partial charge in [0.15, 0.2) is 0 Å². The minimum absolute atomic E-state index is 0.146. The molecule has 1 aliphatic heterocycles. The molecule has 2 nitrogen and oxygen atoms in total. The Morgan fingerprint density at radius 1 is 1.31 bits per heavy atom. The number of carbonyl (C=O) groups excluding carboxylic acids is 1. The molecule has 0 saturated carbocycles. The van der Waals surface area contributed by atoms with E-state index >= 15 is 0 Å². The number of hydrogen-bond acceptors (Lipinski definition) is 1. The van der Waals surface area contributed by atoms with Crippen molar-refractivity contribution in [1.82, 2.24) is 5.32 Å². The summed E-state index contributed by atoms with van der Waals surface area (Å²) in [6.45, 7) is 3.00. The zero-order valence-corrected chi connectivity index (χ0v) is 9.83. The van der Waals surface area contributed by atoms with Crippen molar-refractivity contribution in [3.8, 4) is 0 Å². The van der Waals surface area contributed by atoms with Gasteiger partial charge in [-0.1, -0.05) is 37.3 Å². The molecule has 1 aliphatic rings. The van der Waals surface area contributed by atoms with Gasteiger partial charge < -0.3 is 5.32 Å². The molecule has 0 aromatic heterocycles. The fourth-order valence-electron chi connectivity index (χ4n) is 2.58. The molecule has 1 aromatic rings. The summed E-state index contributed by atoms with van der Waals surface area (Å²) >= 11 is 0. The molecule has 1 saturated heterocycles. The van der Waals surface area contributed by atoms with Crippen LogP contribution in [-0.2, 0) is 10.2 Å². The van der Waals surface area contributed by atoms with Crippen molar-refractivity contribution < 1.29 is 4.79 Å². The first-order chi connectivity index (χ1) is 7.77. The van der Waals surface area contributed by atoms with Crippen LogP contribution in [0.25, 0.3) is 0 Å². The Bertz CT molecular complexity index is 360. The summed E-state index contributed by atoms with van der Waals surface area (Å²) in [5.41, 5.74) is 1.51. The zero-order valence-electron chi connectivity index (χ0n) is 9.83. The quantitative estimate of drug-likeness (QED) is 0.810. The number of nitrogens with one attached hydrogen (secondary N) is 1. The minimum Gasteiger partial charge on any atom is -0.355 e. The van der Waals surface area contributed by atoms with Crippen molar-refractivity contribution in [1.29, 1.82) is 0 Å². The summed E-state index contributed by atoms with van der Waals surface area (Å²) < 4.78 is 0. The summed E-state index contributed by atoms with van der Waals surface area (Å²) in [6.07, 6.45) is 3.85. The molecule has 1 aromatic carbocycles. The van der Waals surface area contributed by atoms with Crippen LogP contribution in [-0.4, -0.2) is 12.5 Å². The van der Waals surface area contributed by atoms with Gasteiger partial charge in [-0.15, -0.1) is 0 Å². The van der Waals surface area contributed by atoms with Crippen molar-refractivity contribution >= 4 is 5.91 Å². The van der Waals surface area contributed by atoms with E-state index in [9.17, 15) is 4.79 Å². The van der Waals surface area contributed by atoms with E-state index in [2.05, 4.69) is 36.5 Å². The van der Waals surface area contributed by atoms with Crippen LogP contribution in [0.3, 0.4) is 0 Å². The van der Waals surface area contributed by atoms with Crippen LogP contribution in [0.15, 0.2) is 30.3 Å². The van der Waals surface area contributed by atoms with E-state index in [1.165, 1.54) is 5.56 Å². The molecule has 1 heterocycles. The molecular weight excluding hydrogens is 198 g/mol. The van der Waals surface area contributed by atoms with Gasteiger partial charge in [0.1, 0.15) is 0 Å². The third-order valence-corrected chi connectivity index (χ3v) is 3.75. The summed E-state index contributed by atoms with van der Waals surface area (Å²) in [5.74, 6) is 0.200. The molecule has 2 rings (SSSR count). The largest absolute Gasteiger partial charge is 0.355 e. The van der Waals surface area contributed by atoms with E-state index in [4.69, 9.17) is 0 Å². The molecule has 86 valence electrons. The Morgan fingerprint density at radius 3 is 2.75 bits per heavy atom. The predicted octanol–water partition coefficient (Wildman–Crippen LogP) is 2.63. The van der Waals surface area contributed by atoms with E-state index in [0.29, 0.717) is 6.42 Å². The van der Waals surface area contributed by atoms with Crippen molar-refractivity contribution in [2.24, 2.45) is 0 Å². The van der Waals surface area contributed by atoms with Gasteiger partial charge in [-0.25, -0.2) is 0 Å². The van der Waals surface area contributed by atoms with E-state index in [1.807, 2.05) is 6.07 Å². The second kappa shape index (κ2) is 4.69. The first kappa shape index (κ1) is 11.2. The molecule has 0 radical (unpaired) electrons. The lowest BCUT2D eigenvalue weighted by Crippen LogP contribution is -2.37. The first-order valence-electron chi connectivity index (χ1n) is 6.09. The molecular formula is C14H19NO. The van der Waals surface area contributed by atoms with Gasteiger partial charge in [0.2, 0.25) is 5.91 Å². The lowest BCUT2D eigenvalue weighted by atomic mass is 9.75. The molecule has 16 heavy (non-hydrogen) atoms. The molecule has 0 bridgehead atoms. The molecule has 1 fully saturated rings. The SMILES string of the molecule is CCC1(c2ccccc2)CCCC(=O)NC1. The zero-order chi connectivity index (χ0) is 11.4. The van der Waals surface area contributed by atoms with Gasteiger partial charge in [0.05, 0.1) is 0 Å². The Labute approximate surface area is 97.1 Å². The second-order valence-corrected chi connectivity index (χ2v) is 4.63. The van der Waals surface area contributed by atoms with Crippen LogP contribution >= 0.6 is 0 Å². The van der Waals surface area contributed by atoms with Crippen molar-refractivity contribution in [3.05, 3.63) is 35.9 Å². The Morgan fingerprint density at radius 2 is 2.06 bits per heavy atom. The number of rotatable bonds is 2. The Kier molecular flexibility index (Phi) is 3.28. The number of hydrogen-bond donors (Lipinski definition) is 1. The third-order valence-electron chi connectivity index (χ3n) is 3.75. The van der Waals surface area contributed by atoms with E-state index in [-0.39, 0.29) is 11.3 Å². The van der Waals surface area contributed by atoms with Crippen LogP contribution in [0.1, 0.15) is 38.2 Å². The van der Waals surface area contributed by atoms with Crippen LogP contribution in [0.5, 0.6) is 0 Å². The third kappa shape index (κ3) is 2.11.